The summed E-state index contributed by atoms with van der Waals surface area (Å²) in [6.45, 7) is 0. The van der Waals surface area contributed by atoms with E-state index in [0.29, 0.717) is 17.0 Å². The Morgan fingerprint density at radius 2 is 2.00 bits per heavy atom. The number of halogens is 2. The Hall–Kier alpha value is -2.04. The molecule has 3 aromatic rings. The fourth-order valence-electron chi connectivity index (χ4n) is 2.24. The minimum atomic E-state index is 0.158. The molecule has 1 aromatic carbocycles. The predicted octanol–water partition coefficient (Wildman–Crippen LogP) is 5.15. The number of nitrogens with zero attached hydrogens (tertiary/aromatic N) is 2. The third-order valence-corrected chi connectivity index (χ3v) is 4.66. The SMILES string of the molecule is COc1ccc(-c2c(I)c(-c3ccco3)nc(Cl)c2C#N)cc1. The van der Waals surface area contributed by atoms with Crippen LogP contribution in [0, 0.1) is 14.9 Å². The van der Waals surface area contributed by atoms with Gasteiger partial charge in [0.1, 0.15) is 22.7 Å². The molecule has 0 N–H and O–H groups in total. The van der Waals surface area contributed by atoms with E-state index < -0.39 is 0 Å². The number of methoxy groups -OCH3 is 1. The summed E-state index contributed by atoms with van der Waals surface area (Å²) in [5, 5.41) is 9.64. The number of furan rings is 1. The first kappa shape index (κ1) is 15.8. The molecular formula is C17H10ClIN2O2. The van der Waals surface area contributed by atoms with Crippen molar-refractivity contribution in [1.29, 1.82) is 5.26 Å². The Kier molecular flexibility index (Phi) is 4.55. The fraction of sp³-hybridized carbons (Fsp3) is 0.0588. The zero-order chi connectivity index (χ0) is 16.4. The molecule has 6 heteroatoms. The molecule has 0 aliphatic rings. The van der Waals surface area contributed by atoms with Crippen LogP contribution in [0.15, 0.2) is 47.1 Å². The van der Waals surface area contributed by atoms with Crippen LogP contribution in [0.5, 0.6) is 5.75 Å². The molecule has 0 saturated carbocycles. The number of hydrogen-bond acceptors (Lipinski definition) is 4. The lowest BCUT2D eigenvalue weighted by molar-refractivity contribution is 0.415. The van der Waals surface area contributed by atoms with E-state index in [-0.39, 0.29) is 5.15 Å². The van der Waals surface area contributed by atoms with E-state index in [1.165, 1.54) is 0 Å². The molecule has 3 rings (SSSR count). The molecule has 0 amide bonds. The van der Waals surface area contributed by atoms with E-state index in [1.54, 1.807) is 19.4 Å². The summed E-state index contributed by atoms with van der Waals surface area (Å²) >= 11 is 8.39. The number of pyridine rings is 1. The first-order valence-corrected chi connectivity index (χ1v) is 8.08. The van der Waals surface area contributed by atoms with Crippen molar-refractivity contribution < 1.29 is 9.15 Å². The zero-order valence-electron chi connectivity index (χ0n) is 12.0. The molecule has 0 bridgehead atoms. The first-order valence-electron chi connectivity index (χ1n) is 6.63. The highest BCUT2D eigenvalue weighted by Crippen LogP contribution is 2.38. The van der Waals surface area contributed by atoms with Crippen LogP contribution in [0.2, 0.25) is 5.15 Å². The Morgan fingerprint density at radius 3 is 2.57 bits per heavy atom. The van der Waals surface area contributed by atoms with E-state index in [9.17, 15) is 5.26 Å². The fourth-order valence-corrected chi connectivity index (χ4v) is 3.43. The second-order valence-electron chi connectivity index (χ2n) is 4.63. The molecule has 0 atom stereocenters. The molecule has 0 aliphatic carbocycles. The van der Waals surface area contributed by atoms with Crippen LogP contribution < -0.4 is 4.74 Å². The van der Waals surface area contributed by atoms with Crippen LogP contribution >= 0.6 is 34.2 Å². The van der Waals surface area contributed by atoms with Gasteiger partial charge in [0.25, 0.3) is 0 Å². The van der Waals surface area contributed by atoms with Crippen molar-refractivity contribution >= 4 is 34.2 Å². The van der Waals surface area contributed by atoms with Crippen molar-refractivity contribution in [3.63, 3.8) is 0 Å². The standard InChI is InChI=1S/C17H10ClIN2O2/c1-22-11-6-4-10(5-7-11)14-12(9-20)17(18)21-16(15(14)19)13-3-2-8-23-13/h2-8H,1H3. The van der Waals surface area contributed by atoms with E-state index >= 15 is 0 Å². The minimum Gasteiger partial charge on any atom is -0.497 e. The summed E-state index contributed by atoms with van der Waals surface area (Å²) in [6.07, 6.45) is 1.58. The number of rotatable bonds is 3. The number of nitriles is 1. The average Bonchev–Trinajstić information content (AvgIpc) is 3.10. The first-order chi connectivity index (χ1) is 11.2. The van der Waals surface area contributed by atoms with Gasteiger partial charge < -0.3 is 9.15 Å². The Bertz CT molecular complexity index is 884. The predicted molar refractivity (Wildman–Crippen MR) is 96.4 cm³/mol. The molecule has 23 heavy (non-hydrogen) atoms. The maximum absolute atomic E-state index is 9.48. The van der Waals surface area contributed by atoms with Gasteiger partial charge in [0, 0.05) is 5.56 Å². The largest absolute Gasteiger partial charge is 0.497 e. The topological polar surface area (TPSA) is 59.1 Å². The number of benzene rings is 1. The second-order valence-corrected chi connectivity index (χ2v) is 6.07. The van der Waals surface area contributed by atoms with Gasteiger partial charge in [0.2, 0.25) is 0 Å². The maximum atomic E-state index is 9.48. The summed E-state index contributed by atoms with van der Waals surface area (Å²) in [7, 11) is 1.61. The van der Waals surface area contributed by atoms with Gasteiger partial charge in [-0.05, 0) is 52.4 Å². The van der Waals surface area contributed by atoms with Crippen LogP contribution in [0.3, 0.4) is 0 Å². The van der Waals surface area contributed by atoms with Crippen LogP contribution in [0.25, 0.3) is 22.6 Å². The maximum Gasteiger partial charge on any atom is 0.153 e. The summed E-state index contributed by atoms with van der Waals surface area (Å²) in [4.78, 5) is 4.32. The van der Waals surface area contributed by atoms with Gasteiger partial charge in [-0.3, -0.25) is 0 Å². The molecular weight excluding hydrogens is 427 g/mol. The van der Waals surface area contributed by atoms with Crippen LogP contribution in [0.1, 0.15) is 5.56 Å². The Balaban J connectivity index is 2.27. The van der Waals surface area contributed by atoms with Crippen molar-refractivity contribution in [3.05, 3.63) is 56.9 Å². The van der Waals surface area contributed by atoms with Gasteiger partial charge in [-0.1, -0.05) is 23.7 Å². The van der Waals surface area contributed by atoms with E-state index in [0.717, 1.165) is 20.4 Å². The highest BCUT2D eigenvalue weighted by molar-refractivity contribution is 14.1. The Labute approximate surface area is 151 Å². The third kappa shape index (κ3) is 2.92. The van der Waals surface area contributed by atoms with Gasteiger partial charge in [-0.2, -0.15) is 5.26 Å². The molecule has 2 heterocycles. The molecule has 0 saturated heterocycles. The zero-order valence-corrected chi connectivity index (χ0v) is 14.9. The van der Waals surface area contributed by atoms with Crippen LogP contribution in [-0.2, 0) is 0 Å². The van der Waals surface area contributed by atoms with Crippen LogP contribution in [-0.4, -0.2) is 12.1 Å². The lowest BCUT2D eigenvalue weighted by Crippen LogP contribution is -1.98. The molecule has 114 valence electrons. The quantitative estimate of drug-likeness (QED) is 0.421. The van der Waals surface area contributed by atoms with Crippen molar-refractivity contribution in [2.75, 3.05) is 7.11 Å². The molecule has 0 spiro atoms. The lowest BCUT2D eigenvalue weighted by Gasteiger charge is -2.12. The van der Waals surface area contributed by atoms with E-state index in [2.05, 4.69) is 33.6 Å². The number of aromatic nitrogens is 1. The lowest BCUT2D eigenvalue weighted by atomic mass is 10.0. The second kappa shape index (κ2) is 6.60. The van der Waals surface area contributed by atoms with E-state index in [1.807, 2.05) is 30.3 Å². The van der Waals surface area contributed by atoms with Crippen LogP contribution in [0.4, 0.5) is 0 Å². The monoisotopic (exact) mass is 436 g/mol. The molecule has 0 radical (unpaired) electrons. The van der Waals surface area contributed by atoms with Gasteiger partial charge in [-0.15, -0.1) is 0 Å². The molecule has 4 nitrogen and oxygen atoms in total. The summed E-state index contributed by atoms with van der Waals surface area (Å²) in [6, 6.07) is 13.2. The number of hydrogen-bond donors (Lipinski definition) is 0. The molecule has 0 fully saturated rings. The van der Waals surface area contributed by atoms with Crippen molar-refractivity contribution in [3.8, 4) is 34.4 Å². The highest BCUT2D eigenvalue weighted by Gasteiger charge is 2.21. The average molecular weight is 437 g/mol. The number of ether oxygens (including phenoxy) is 1. The van der Waals surface area contributed by atoms with Crippen molar-refractivity contribution in [2.45, 2.75) is 0 Å². The summed E-state index contributed by atoms with van der Waals surface area (Å²) in [5.74, 6) is 1.35. The molecule has 0 unspecified atom stereocenters. The van der Waals surface area contributed by atoms with Gasteiger partial charge >= 0.3 is 0 Å². The smallest absolute Gasteiger partial charge is 0.153 e. The Morgan fingerprint density at radius 1 is 1.26 bits per heavy atom. The summed E-state index contributed by atoms with van der Waals surface area (Å²) < 4.78 is 11.4. The minimum absolute atomic E-state index is 0.158. The molecule has 2 aromatic heterocycles. The van der Waals surface area contributed by atoms with Gasteiger partial charge in [-0.25, -0.2) is 4.98 Å². The van der Waals surface area contributed by atoms with Gasteiger partial charge in [0.15, 0.2) is 5.76 Å². The summed E-state index contributed by atoms with van der Waals surface area (Å²) in [5.41, 5.74) is 2.56. The van der Waals surface area contributed by atoms with Gasteiger partial charge in [0.05, 0.1) is 22.5 Å². The highest BCUT2D eigenvalue weighted by atomic mass is 127. The third-order valence-electron chi connectivity index (χ3n) is 3.34. The van der Waals surface area contributed by atoms with Crippen molar-refractivity contribution in [2.24, 2.45) is 0 Å². The normalized spacial score (nSPS) is 10.3. The molecule has 0 aliphatic heterocycles. The van der Waals surface area contributed by atoms with Crippen molar-refractivity contribution in [1.82, 2.24) is 4.98 Å². The van der Waals surface area contributed by atoms with E-state index in [4.69, 9.17) is 20.8 Å².